The van der Waals surface area contributed by atoms with Gasteiger partial charge in [0.05, 0.1) is 5.56 Å². The fourth-order valence-corrected chi connectivity index (χ4v) is 6.60. The molecular weight excluding hydrogens is 454 g/mol. The molecule has 0 bridgehead atoms. The van der Waals surface area contributed by atoms with E-state index in [-0.39, 0.29) is 30.0 Å². The minimum atomic E-state index is -1.31. The molecule has 7 nitrogen and oxygen atoms in total. The van der Waals surface area contributed by atoms with Gasteiger partial charge in [-0.3, -0.25) is 9.59 Å². The number of rotatable bonds is 6. The SMILES string of the molecule is Cc1cccc(C(=O)O)c1C1CN(C(=O)C2CCC(C(C)N)CC2)[C@](C)(C(N)=O)[C@@H]1c1ccccc1. The third-order valence-corrected chi connectivity index (χ3v) is 8.66. The van der Waals surface area contributed by atoms with Crippen molar-refractivity contribution in [3.8, 4) is 0 Å². The van der Waals surface area contributed by atoms with Gasteiger partial charge in [-0.2, -0.15) is 0 Å². The number of hydrogen-bond donors (Lipinski definition) is 3. The van der Waals surface area contributed by atoms with Crippen molar-refractivity contribution < 1.29 is 19.5 Å². The summed E-state index contributed by atoms with van der Waals surface area (Å²) in [5, 5.41) is 10.0. The van der Waals surface area contributed by atoms with E-state index in [9.17, 15) is 19.5 Å². The van der Waals surface area contributed by atoms with Gasteiger partial charge in [-0.1, -0.05) is 42.5 Å². The number of carbonyl (C=O) groups excluding carboxylic acids is 2. The van der Waals surface area contributed by atoms with Crippen LogP contribution in [0.1, 0.15) is 78.4 Å². The van der Waals surface area contributed by atoms with Gasteiger partial charge in [0.25, 0.3) is 0 Å². The van der Waals surface area contributed by atoms with Gasteiger partial charge in [0.15, 0.2) is 0 Å². The van der Waals surface area contributed by atoms with Gasteiger partial charge in [-0.05, 0) is 75.1 Å². The molecule has 0 aromatic heterocycles. The molecular formula is C29H37N3O4. The lowest BCUT2D eigenvalue weighted by molar-refractivity contribution is -0.147. The Labute approximate surface area is 212 Å². The van der Waals surface area contributed by atoms with Crippen molar-refractivity contribution in [2.24, 2.45) is 23.3 Å². The van der Waals surface area contributed by atoms with Crippen LogP contribution in [0, 0.1) is 18.8 Å². The molecule has 1 saturated carbocycles. The van der Waals surface area contributed by atoms with E-state index in [1.54, 1.807) is 24.0 Å². The predicted molar refractivity (Wildman–Crippen MR) is 138 cm³/mol. The molecule has 2 fully saturated rings. The fraction of sp³-hybridized carbons (Fsp3) is 0.483. The van der Waals surface area contributed by atoms with Crippen molar-refractivity contribution in [3.63, 3.8) is 0 Å². The highest BCUT2D eigenvalue weighted by Crippen LogP contribution is 2.52. The summed E-state index contributed by atoms with van der Waals surface area (Å²) in [4.78, 5) is 41.1. The highest BCUT2D eigenvalue weighted by molar-refractivity contribution is 5.94. The Bertz CT molecular complexity index is 1140. The average molecular weight is 492 g/mol. The van der Waals surface area contributed by atoms with E-state index in [2.05, 4.69) is 0 Å². The minimum Gasteiger partial charge on any atom is -0.478 e. The Kier molecular flexibility index (Phi) is 7.23. The second-order valence-corrected chi connectivity index (χ2v) is 10.8. The summed E-state index contributed by atoms with van der Waals surface area (Å²) in [5.41, 5.74) is 13.4. The lowest BCUT2D eigenvalue weighted by Crippen LogP contribution is -2.58. The summed E-state index contributed by atoms with van der Waals surface area (Å²) >= 11 is 0. The number of hydrogen-bond acceptors (Lipinski definition) is 4. The molecule has 1 saturated heterocycles. The molecule has 4 rings (SSSR count). The van der Waals surface area contributed by atoms with Crippen LogP contribution in [0.3, 0.4) is 0 Å². The molecule has 2 aliphatic rings. The Balaban J connectivity index is 1.82. The normalized spacial score (nSPS) is 29.1. The number of nitrogens with zero attached hydrogens (tertiary/aromatic N) is 1. The molecule has 0 radical (unpaired) electrons. The number of aryl methyl sites for hydroxylation is 1. The van der Waals surface area contributed by atoms with Crippen LogP contribution in [-0.2, 0) is 9.59 Å². The summed E-state index contributed by atoms with van der Waals surface area (Å²) < 4.78 is 0. The minimum absolute atomic E-state index is 0.0756. The van der Waals surface area contributed by atoms with E-state index in [4.69, 9.17) is 11.5 Å². The lowest BCUT2D eigenvalue weighted by Gasteiger charge is -2.40. The van der Waals surface area contributed by atoms with E-state index in [0.717, 1.165) is 36.8 Å². The van der Waals surface area contributed by atoms with Crippen molar-refractivity contribution >= 4 is 17.8 Å². The zero-order chi connectivity index (χ0) is 26.2. The number of likely N-dealkylation sites (tertiary alicyclic amines) is 1. The topological polar surface area (TPSA) is 127 Å². The number of carboxylic acids is 1. The maximum absolute atomic E-state index is 14.0. The molecule has 1 aliphatic carbocycles. The van der Waals surface area contributed by atoms with Gasteiger partial charge in [0, 0.05) is 30.3 Å². The first kappa shape index (κ1) is 25.9. The summed E-state index contributed by atoms with van der Waals surface area (Å²) in [6.07, 6.45) is 3.20. The smallest absolute Gasteiger partial charge is 0.335 e. The molecule has 1 heterocycles. The molecule has 2 aromatic carbocycles. The van der Waals surface area contributed by atoms with Crippen molar-refractivity contribution in [1.29, 1.82) is 0 Å². The van der Waals surface area contributed by atoms with Crippen molar-refractivity contribution in [2.45, 2.75) is 69.9 Å². The highest BCUT2D eigenvalue weighted by Gasteiger charge is 2.58. The molecule has 5 N–H and O–H groups in total. The van der Waals surface area contributed by atoms with Crippen LogP contribution >= 0.6 is 0 Å². The third-order valence-electron chi connectivity index (χ3n) is 8.66. The number of nitrogens with two attached hydrogens (primary N) is 2. The predicted octanol–water partition coefficient (Wildman–Crippen LogP) is 3.80. The largest absolute Gasteiger partial charge is 0.478 e. The maximum Gasteiger partial charge on any atom is 0.335 e. The lowest BCUT2D eigenvalue weighted by atomic mass is 9.71. The summed E-state index contributed by atoms with van der Waals surface area (Å²) in [5.74, 6) is -2.38. The van der Waals surface area contributed by atoms with Crippen molar-refractivity contribution in [2.75, 3.05) is 6.54 Å². The van der Waals surface area contributed by atoms with Crippen LogP contribution < -0.4 is 11.5 Å². The first-order valence-corrected chi connectivity index (χ1v) is 12.8. The zero-order valence-electron chi connectivity index (χ0n) is 21.3. The van der Waals surface area contributed by atoms with Gasteiger partial charge < -0.3 is 21.5 Å². The number of carboxylic acid groups (broad SMARTS) is 1. The molecule has 2 amide bonds. The molecule has 36 heavy (non-hydrogen) atoms. The second-order valence-electron chi connectivity index (χ2n) is 10.8. The van der Waals surface area contributed by atoms with Gasteiger partial charge in [-0.15, -0.1) is 0 Å². The Morgan fingerprint density at radius 3 is 2.22 bits per heavy atom. The van der Waals surface area contributed by atoms with E-state index >= 15 is 0 Å². The highest BCUT2D eigenvalue weighted by atomic mass is 16.4. The standard InChI is InChI=1S/C29H37N3O4/c1-17-8-7-11-22(27(34)35)24(17)23-16-32(26(33)21-14-12-19(13-15-21)18(2)30)29(3,28(31)36)25(23)20-9-5-4-6-10-20/h4-11,18-19,21,23,25H,12-16,30H2,1-3H3,(H2,31,36)(H,34,35)/t18?,19?,21?,23?,25-,29+/m1/s1. The maximum atomic E-state index is 14.0. The van der Waals surface area contributed by atoms with Crippen LogP contribution in [0.4, 0.5) is 0 Å². The Morgan fingerprint density at radius 2 is 1.67 bits per heavy atom. The number of amides is 2. The monoisotopic (exact) mass is 491 g/mol. The van der Waals surface area contributed by atoms with E-state index in [0.29, 0.717) is 11.5 Å². The molecule has 7 heteroatoms. The van der Waals surface area contributed by atoms with E-state index in [1.807, 2.05) is 50.2 Å². The summed E-state index contributed by atoms with van der Waals surface area (Å²) in [6.45, 7) is 5.87. The van der Waals surface area contributed by atoms with Gasteiger partial charge in [0.2, 0.25) is 11.8 Å². The fourth-order valence-electron chi connectivity index (χ4n) is 6.60. The van der Waals surface area contributed by atoms with Gasteiger partial charge in [-0.25, -0.2) is 4.79 Å². The number of benzene rings is 2. The average Bonchev–Trinajstić information content (AvgIpc) is 3.17. The van der Waals surface area contributed by atoms with Crippen molar-refractivity contribution in [3.05, 3.63) is 70.8 Å². The zero-order valence-corrected chi connectivity index (χ0v) is 21.3. The number of primary amides is 1. The van der Waals surface area contributed by atoms with Gasteiger partial charge in [0.1, 0.15) is 5.54 Å². The number of aromatic carboxylic acids is 1. The van der Waals surface area contributed by atoms with Crippen LogP contribution in [-0.4, -0.2) is 45.9 Å². The molecule has 4 atom stereocenters. The Hall–Kier alpha value is -3.19. The first-order chi connectivity index (χ1) is 17.1. The van der Waals surface area contributed by atoms with Crippen LogP contribution in [0.25, 0.3) is 0 Å². The van der Waals surface area contributed by atoms with E-state index < -0.39 is 29.3 Å². The van der Waals surface area contributed by atoms with Crippen molar-refractivity contribution in [1.82, 2.24) is 4.90 Å². The third kappa shape index (κ3) is 4.41. The quantitative estimate of drug-likeness (QED) is 0.566. The van der Waals surface area contributed by atoms with Crippen LogP contribution in [0.15, 0.2) is 48.5 Å². The molecule has 2 unspecified atom stereocenters. The Morgan fingerprint density at radius 1 is 1.03 bits per heavy atom. The molecule has 192 valence electrons. The summed E-state index contributed by atoms with van der Waals surface area (Å²) in [7, 11) is 0. The van der Waals surface area contributed by atoms with Crippen LogP contribution in [0.2, 0.25) is 0 Å². The summed E-state index contributed by atoms with van der Waals surface area (Å²) in [6, 6.07) is 14.8. The second kappa shape index (κ2) is 10.1. The van der Waals surface area contributed by atoms with Gasteiger partial charge >= 0.3 is 5.97 Å². The molecule has 0 spiro atoms. The van der Waals surface area contributed by atoms with Crippen LogP contribution in [0.5, 0.6) is 0 Å². The number of carbonyl (C=O) groups is 3. The molecule has 2 aromatic rings. The first-order valence-electron chi connectivity index (χ1n) is 12.8. The van der Waals surface area contributed by atoms with E-state index in [1.165, 1.54) is 0 Å². The molecule has 1 aliphatic heterocycles.